The van der Waals surface area contributed by atoms with E-state index in [1.807, 2.05) is 7.05 Å². The van der Waals surface area contributed by atoms with Crippen LogP contribution in [0, 0.1) is 18.3 Å². The first kappa shape index (κ1) is 10.7. The molecule has 0 aliphatic heterocycles. The van der Waals surface area contributed by atoms with E-state index in [4.69, 9.17) is 6.42 Å². The van der Waals surface area contributed by atoms with E-state index >= 15 is 0 Å². The van der Waals surface area contributed by atoms with Gasteiger partial charge in [-0.1, -0.05) is 5.92 Å². The van der Waals surface area contributed by atoms with Gasteiger partial charge < -0.3 is 9.47 Å². The molecule has 84 valence electrons. The van der Waals surface area contributed by atoms with Crippen molar-refractivity contribution in [3.05, 3.63) is 18.2 Å². The van der Waals surface area contributed by atoms with Gasteiger partial charge in [-0.25, -0.2) is 4.98 Å². The second-order valence-electron chi connectivity index (χ2n) is 4.22. The molecular weight excluding hydrogens is 202 g/mol. The summed E-state index contributed by atoms with van der Waals surface area (Å²) in [5.74, 6) is 3.16. The van der Waals surface area contributed by atoms with E-state index in [0.29, 0.717) is 18.2 Å². The monoisotopic (exact) mass is 217 g/mol. The minimum atomic E-state index is -0.0233. The number of nitrogens with zero attached hydrogens (tertiary/aromatic N) is 3. The van der Waals surface area contributed by atoms with Gasteiger partial charge in [0.05, 0.1) is 19.1 Å². The second-order valence-corrected chi connectivity index (χ2v) is 4.22. The number of hydrogen-bond acceptors (Lipinski definition) is 2. The zero-order chi connectivity index (χ0) is 11.5. The highest BCUT2D eigenvalue weighted by molar-refractivity contribution is 5.92. The molecule has 0 aromatic carbocycles. The first-order chi connectivity index (χ1) is 7.72. The largest absolute Gasteiger partial charge is 0.330 e. The Kier molecular flexibility index (Phi) is 2.95. The Morgan fingerprint density at radius 2 is 2.50 bits per heavy atom. The summed E-state index contributed by atoms with van der Waals surface area (Å²) in [6.45, 7) is 1.15. The number of imidazole rings is 1. The van der Waals surface area contributed by atoms with Crippen LogP contribution < -0.4 is 0 Å². The second kappa shape index (κ2) is 4.40. The van der Waals surface area contributed by atoms with Gasteiger partial charge >= 0.3 is 0 Å². The summed E-state index contributed by atoms with van der Waals surface area (Å²) in [7, 11) is 1.81. The summed E-state index contributed by atoms with van der Waals surface area (Å²) in [6, 6.07) is 0. The van der Waals surface area contributed by atoms with Crippen LogP contribution in [-0.4, -0.2) is 33.4 Å². The Labute approximate surface area is 95.3 Å². The van der Waals surface area contributed by atoms with Crippen LogP contribution in [0.25, 0.3) is 0 Å². The number of aryl methyl sites for hydroxylation is 1. The SMILES string of the molecule is C#CCN(CC1CC1)C(=O)c1cncn1C. The quantitative estimate of drug-likeness (QED) is 0.703. The van der Waals surface area contributed by atoms with Crippen LogP contribution in [0.1, 0.15) is 23.3 Å². The van der Waals surface area contributed by atoms with E-state index in [1.165, 1.54) is 12.8 Å². The first-order valence-corrected chi connectivity index (χ1v) is 5.41. The molecule has 1 amide bonds. The number of hydrogen-bond donors (Lipinski definition) is 0. The van der Waals surface area contributed by atoms with Gasteiger partial charge in [-0.15, -0.1) is 6.42 Å². The number of carbonyl (C=O) groups is 1. The molecule has 1 aliphatic carbocycles. The summed E-state index contributed by atoms with van der Waals surface area (Å²) in [6.07, 6.45) is 10.9. The summed E-state index contributed by atoms with van der Waals surface area (Å²) in [5, 5.41) is 0. The van der Waals surface area contributed by atoms with Crippen molar-refractivity contribution in [2.24, 2.45) is 13.0 Å². The standard InChI is InChI=1S/C12H15N3O/c1-3-6-15(8-10-4-5-10)12(16)11-7-13-9-14(11)2/h1,7,9-10H,4-6,8H2,2H3. The van der Waals surface area contributed by atoms with Gasteiger partial charge in [0, 0.05) is 13.6 Å². The van der Waals surface area contributed by atoms with Gasteiger partial charge in [-0.3, -0.25) is 4.79 Å². The topological polar surface area (TPSA) is 38.1 Å². The Morgan fingerprint density at radius 1 is 1.75 bits per heavy atom. The van der Waals surface area contributed by atoms with Gasteiger partial charge in [0.25, 0.3) is 5.91 Å². The van der Waals surface area contributed by atoms with Crippen molar-refractivity contribution >= 4 is 5.91 Å². The summed E-state index contributed by atoms with van der Waals surface area (Å²) < 4.78 is 1.72. The normalized spacial score (nSPS) is 14.5. The molecule has 16 heavy (non-hydrogen) atoms. The van der Waals surface area contributed by atoms with E-state index in [1.54, 1.807) is 22.0 Å². The first-order valence-electron chi connectivity index (χ1n) is 5.41. The molecule has 1 aliphatic rings. The van der Waals surface area contributed by atoms with Crippen LogP contribution in [0.2, 0.25) is 0 Å². The van der Waals surface area contributed by atoms with Crippen molar-refractivity contribution in [2.75, 3.05) is 13.1 Å². The van der Waals surface area contributed by atoms with Crippen molar-refractivity contribution < 1.29 is 4.79 Å². The van der Waals surface area contributed by atoms with Crippen molar-refractivity contribution in [2.45, 2.75) is 12.8 Å². The van der Waals surface area contributed by atoms with Gasteiger partial charge in [0.1, 0.15) is 5.69 Å². The number of aromatic nitrogens is 2. The predicted octanol–water partition coefficient (Wildman–Crippen LogP) is 0.906. The molecule has 0 saturated heterocycles. The fourth-order valence-electron chi connectivity index (χ4n) is 1.67. The molecule has 4 nitrogen and oxygen atoms in total. The van der Waals surface area contributed by atoms with Crippen LogP contribution in [0.4, 0.5) is 0 Å². The third-order valence-corrected chi connectivity index (χ3v) is 2.78. The predicted molar refractivity (Wildman–Crippen MR) is 60.7 cm³/mol. The molecule has 0 spiro atoms. The zero-order valence-corrected chi connectivity index (χ0v) is 9.39. The fraction of sp³-hybridized carbons (Fsp3) is 0.500. The molecular formula is C12H15N3O. The average molecular weight is 217 g/mol. The minimum Gasteiger partial charge on any atom is -0.330 e. The summed E-state index contributed by atoms with van der Waals surface area (Å²) in [5.41, 5.74) is 0.593. The average Bonchev–Trinajstić information content (AvgIpc) is 2.98. The molecule has 1 heterocycles. The van der Waals surface area contributed by atoms with Gasteiger partial charge in [-0.05, 0) is 18.8 Å². The Bertz CT molecular complexity index is 426. The van der Waals surface area contributed by atoms with Crippen LogP contribution in [0.5, 0.6) is 0 Å². The van der Waals surface area contributed by atoms with Crippen LogP contribution in [0.3, 0.4) is 0 Å². The fourth-order valence-corrected chi connectivity index (χ4v) is 1.67. The molecule has 1 aromatic heterocycles. The molecule has 0 unspecified atom stereocenters. The molecule has 1 saturated carbocycles. The van der Waals surface area contributed by atoms with Crippen molar-refractivity contribution in [3.8, 4) is 12.3 Å². The lowest BCUT2D eigenvalue weighted by atomic mass is 10.3. The van der Waals surface area contributed by atoms with Gasteiger partial charge in [0.2, 0.25) is 0 Å². The van der Waals surface area contributed by atoms with E-state index < -0.39 is 0 Å². The van der Waals surface area contributed by atoms with Crippen molar-refractivity contribution in [1.29, 1.82) is 0 Å². The lowest BCUT2D eigenvalue weighted by Gasteiger charge is -2.19. The molecule has 1 fully saturated rings. The molecule has 0 bridgehead atoms. The maximum absolute atomic E-state index is 12.1. The molecule has 1 aromatic rings. The smallest absolute Gasteiger partial charge is 0.272 e. The molecule has 2 rings (SSSR count). The summed E-state index contributed by atoms with van der Waals surface area (Å²) >= 11 is 0. The highest BCUT2D eigenvalue weighted by atomic mass is 16.2. The van der Waals surface area contributed by atoms with Crippen LogP contribution in [0.15, 0.2) is 12.5 Å². The van der Waals surface area contributed by atoms with Gasteiger partial charge in [-0.2, -0.15) is 0 Å². The molecule has 4 heteroatoms. The molecule has 0 radical (unpaired) electrons. The zero-order valence-electron chi connectivity index (χ0n) is 9.39. The highest BCUT2D eigenvalue weighted by Gasteiger charge is 2.27. The molecule has 0 N–H and O–H groups in total. The van der Waals surface area contributed by atoms with E-state index in [-0.39, 0.29) is 5.91 Å². The maximum Gasteiger partial charge on any atom is 0.272 e. The van der Waals surface area contributed by atoms with E-state index in [9.17, 15) is 4.79 Å². The number of amides is 1. The van der Waals surface area contributed by atoms with E-state index in [2.05, 4.69) is 10.9 Å². The number of carbonyl (C=O) groups excluding carboxylic acids is 1. The Balaban J connectivity index is 2.10. The van der Waals surface area contributed by atoms with Crippen molar-refractivity contribution in [1.82, 2.24) is 14.5 Å². The lowest BCUT2D eigenvalue weighted by Crippen LogP contribution is -2.34. The highest BCUT2D eigenvalue weighted by Crippen LogP contribution is 2.29. The Morgan fingerprint density at radius 3 is 3.00 bits per heavy atom. The summed E-state index contributed by atoms with van der Waals surface area (Å²) in [4.78, 5) is 17.8. The maximum atomic E-state index is 12.1. The van der Waals surface area contributed by atoms with E-state index in [0.717, 1.165) is 6.54 Å². The van der Waals surface area contributed by atoms with Crippen LogP contribution in [-0.2, 0) is 7.05 Å². The third kappa shape index (κ3) is 2.25. The Hall–Kier alpha value is -1.76. The third-order valence-electron chi connectivity index (χ3n) is 2.78. The number of terminal acetylenes is 1. The van der Waals surface area contributed by atoms with Crippen molar-refractivity contribution in [3.63, 3.8) is 0 Å². The minimum absolute atomic E-state index is 0.0233. The van der Waals surface area contributed by atoms with Gasteiger partial charge in [0.15, 0.2) is 0 Å². The van der Waals surface area contributed by atoms with Crippen LogP contribution >= 0.6 is 0 Å². The number of rotatable bonds is 4. The lowest BCUT2D eigenvalue weighted by molar-refractivity contribution is 0.0760. The molecule has 0 atom stereocenters.